The molecule has 0 fully saturated rings. The highest BCUT2D eigenvalue weighted by Crippen LogP contribution is 1.95. The van der Waals surface area contributed by atoms with Gasteiger partial charge in [0.25, 0.3) is 0 Å². The third-order valence-electron chi connectivity index (χ3n) is 1.22. The van der Waals surface area contributed by atoms with E-state index in [2.05, 4.69) is 9.47 Å². The largest absolute Gasteiger partial charge is 0.508 e. The third-order valence-corrected chi connectivity index (χ3v) is 1.22. The summed E-state index contributed by atoms with van der Waals surface area (Å²) in [5.74, 6) is -0.422. The molecule has 12 heavy (non-hydrogen) atoms. The molecular formula is C7H14O5. The van der Waals surface area contributed by atoms with Crippen molar-refractivity contribution in [2.45, 2.75) is 6.92 Å². The molecule has 5 nitrogen and oxygen atoms in total. The van der Waals surface area contributed by atoms with E-state index in [4.69, 9.17) is 10.2 Å². The Bertz CT molecular complexity index is 121. The van der Waals surface area contributed by atoms with Gasteiger partial charge in [0.1, 0.15) is 6.61 Å². The van der Waals surface area contributed by atoms with E-state index in [0.29, 0.717) is 0 Å². The Morgan fingerprint density at radius 3 is 2.33 bits per heavy atom. The summed E-state index contributed by atoms with van der Waals surface area (Å²) in [6, 6.07) is 0. The van der Waals surface area contributed by atoms with Crippen molar-refractivity contribution in [1.29, 1.82) is 0 Å². The summed E-state index contributed by atoms with van der Waals surface area (Å²) >= 11 is 0. The molecule has 0 amide bonds. The Morgan fingerprint density at radius 2 is 1.92 bits per heavy atom. The Balaban J connectivity index is 3.44. The molecule has 5 heteroatoms. The van der Waals surface area contributed by atoms with Gasteiger partial charge in [0.2, 0.25) is 0 Å². The van der Waals surface area contributed by atoms with Gasteiger partial charge in [0.05, 0.1) is 19.8 Å². The first-order valence-corrected chi connectivity index (χ1v) is 3.75. The maximum Gasteiger partial charge on any atom is 0.508 e. The van der Waals surface area contributed by atoms with Gasteiger partial charge in [0.15, 0.2) is 0 Å². The first kappa shape index (κ1) is 11.2. The first-order chi connectivity index (χ1) is 5.74. The Hall–Kier alpha value is -0.810. The lowest BCUT2D eigenvalue weighted by atomic mass is 10.2. The summed E-state index contributed by atoms with van der Waals surface area (Å²) in [6.07, 6.45) is -0.774. The molecule has 0 aromatic heterocycles. The SMILES string of the molecule is CCOC(=O)OCC(CO)CO. The number of carbonyl (C=O) groups excluding carboxylic acids is 1. The van der Waals surface area contributed by atoms with Crippen molar-refractivity contribution < 1.29 is 24.5 Å². The maximum absolute atomic E-state index is 10.6. The molecule has 2 N–H and O–H groups in total. The van der Waals surface area contributed by atoms with Crippen LogP contribution in [0.1, 0.15) is 6.92 Å². The zero-order valence-electron chi connectivity index (χ0n) is 7.02. The molecule has 0 aromatic rings. The van der Waals surface area contributed by atoms with Crippen molar-refractivity contribution in [2.24, 2.45) is 5.92 Å². The molecule has 0 rings (SSSR count). The second-order valence-corrected chi connectivity index (χ2v) is 2.23. The quantitative estimate of drug-likeness (QED) is 0.568. The highest BCUT2D eigenvalue weighted by Gasteiger charge is 2.09. The highest BCUT2D eigenvalue weighted by atomic mass is 16.7. The van der Waals surface area contributed by atoms with Gasteiger partial charge in [-0.1, -0.05) is 0 Å². The summed E-state index contributed by atoms with van der Waals surface area (Å²) in [6.45, 7) is 1.47. The number of hydrogen-bond donors (Lipinski definition) is 2. The molecule has 0 saturated carbocycles. The van der Waals surface area contributed by atoms with Crippen LogP contribution in [0.15, 0.2) is 0 Å². The summed E-state index contributed by atoms with van der Waals surface area (Å²) in [7, 11) is 0. The van der Waals surface area contributed by atoms with Crippen LogP contribution in [0.4, 0.5) is 4.79 Å². The molecule has 0 aliphatic carbocycles. The highest BCUT2D eigenvalue weighted by molar-refractivity contribution is 5.59. The van der Waals surface area contributed by atoms with Crippen LogP contribution >= 0.6 is 0 Å². The van der Waals surface area contributed by atoms with E-state index < -0.39 is 12.1 Å². The monoisotopic (exact) mass is 178 g/mol. The van der Waals surface area contributed by atoms with Crippen molar-refractivity contribution in [3.8, 4) is 0 Å². The smallest absolute Gasteiger partial charge is 0.435 e. The van der Waals surface area contributed by atoms with Crippen LogP contribution in [-0.4, -0.2) is 42.8 Å². The molecule has 0 bridgehead atoms. The van der Waals surface area contributed by atoms with Crippen LogP contribution in [0.2, 0.25) is 0 Å². The lowest BCUT2D eigenvalue weighted by Gasteiger charge is -2.10. The van der Waals surface area contributed by atoms with Crippen molar-refractivity contribution in [3.05, 3.63) is 0 Å². The number of rotatable bonds is 5. The van der Waals surface area contributed by atoms with E-state index in [9.17, 15) is 4.79 Å². The standard InChI is InChI=1S/C7H14O5/c1-2-11-7(10)12-5-6(3-8)4-9/h6,8-9H,2-5H2,1H3. The van der Waals surface area contributed by atoms with Gasteiger partial charge in [-0.25, -0.2) is 4.79 Å². The molecule has 0 aromatic carbocycles. The number of carbonyl (C=O) groups is 1. The zero-order valence-corrected chi connectivity index (χ0v) is 7.02. The van der Waals surface area contributed by atoms with E-state index >= 15 is 0 Å². The summed E-state index contributed by atoms with van der Waals surface area (Å²) in [5.41, 5.74) is 0. The van der Waals surface area contributed by atoms with Crippen molar-refractivity contribution in [1.82, 2.24) is 0 Å². The van der Waals surface area contributed by atoms with Crippen molar-refractivity contribution in [3.63, 3.8) is 0 Å². The van der Waals surface area contributed by atoms with E-state index in [1.165, 1.54) is 0 Å². The summed E-state index contributed by atoms with van der Waals surface area (Å²) in [5, 5.41) is 17.2. The Labute approximate surface area is 70.9 Å². The predicted molar refractivity (Wildman–Crippen MR) is 40.6 cm³/mol. The molecule has 0 saturated heterocycles. The molecule has 0 aliphatic rings. The van der Waals surface area contributed by atoms with Crippen LogP contribution in [0.5, 0.6) is 0 Å². The average molecular weight is 178 g/mol. The van der Waals surface area contributed by atoms with Crippen molar-refractivity contribution in [2.75, 3.05) is 26.4 Å². The fourth-order valence-corrected chi connectivity index (χ4v) is 0.509. The third kappa shape index (κ3) is 4.92. The molecule has 72 valence electrons. The van der Waals surface area contributed by atoms with Gasteiger partial charge in [0, 0.05) is 5.92 Å². The molecule has 0 heterocycles. The second-order valence-electron chi connectivity index (χ2n) is 2.23. The van der Waals surface area contributed by atoms with Gasteiger partial charge in [-0.05, 0) is 6.92 Å². The van der Waals surface area contributed by atoms with Crippen molar-refractivity contribution >= 4 is 6.16 Å². The molecular weight excluding hydrogens is 164 g/mol. The second kappa shape index (κ2) is 6.87. The summed E-state index contributed by atoms with van der Waals surface area (Å²) in [4.78, 5) is 10.6. The zero-order chi connectivity index (χ0) is 9.40. The van der Waals surface area contributed by atoms with Gasteiger partial charge >= 0.3 is 6.16 Å². The van der Waals surface area contributed by atoms with Gasteiger partial charge in [-0.15, -0.1) is 0 Å². The fourth-order valence-electron chi connectivity index (χ4n) is 0.509. The predicted octanol–water partition coefficient (Wildman–Crippen LogP) is -0.240. The van der Waals surface area contributed by atoms with Gasteiger partial charge in [-0.3, -0.25) is 0 Å². The molecule has 0 aliphatic heterocycles. The van der Waals surface area contributed by atoms with E-state index in [0.717, 1.165) is 0 Å². The van der Waals surface area contributed by atoms with Crippen LogP contribution < -0.4 is 0 Å². The molecule has 0 radical (unpaired) electrons. The normalized spacial score (nSPS) is 10.0. The minimum absolute atomic E-state index is 0.0220. The van der Waals surface area contributed by atoms with Crippen LogP contribution in [-0.2, 0) is 9.47 Å². The minimum atomic E-state index is -0.774. The number of ether oxygens (including phenoxy) is 2. The lowest BCUT2D eigenvalue weighted by molar-refractivity contribution is 0.0274. The summed E-state index contributed by atoms with van der Waals surface area (Å²) < 4.78 is 9.00. The molecule has 0 atom stereocenters. The van der Waals surface area contributed by atoms with Crippen LogP contribution in [0.3, 0.4) is 0 Å². The molecule has 0 spiro atoms. The topological polar surface area (TPSA) is 76.0 Å². The minimum Gasteiger partial charge on any atom is -0.435 e. The Kier molecular flexibility index (Phi) is 6.41. The first-order valence-electron chi connectivity index (χ1n) is 3.75. The fraction of sp³-hybridized carbons (Fsp3) is 0.857. The van der Waals surface area contributed by atoms with Crippen LogP contribution in [0, 0.1) is 5.92 Å². The van der Waals surface area contributed by atoms with E-state index in [-0.39, 0.29) is 26.4 Å². The van der Waals surface area contributed by atoms with E-state index in [1.54, 1.807) is 6.92 Å². The maximum atomic E-state index is 10.6. The number of aliphatic hydroxyl groups excluding tert-OH is 2. The Morgan fingerprint density at radius 1 is 1.33 bits per heavy atom. The lowest BCUT2D eigenvalue weighted by Crippen LogP contribution is -2.20. The van der Waals surface area contributed by atoms with Crippen LogP contribution in [0.25, 0.3) is 0 Å². The van der Waals surface area contributed by atoms with E-state index in [1.807, 2.05) is 0 Å². The number of hydrogen-bond acceptors (Lipinski definition) is 5. The molecule has 0 unspecified atom stereocenters. The van der Waals surface area contributed by atoms with Gasteiger partial charge < -0.3 is 19.7 Å². The average Bonchev–Trinajstić information content (AvgIpc) is 2.07. The van der Waals surface area contributed by atoms with Gasteiger partial charge in [-0.2, -0.15) is 0 Å². The number of aliphatic hydroxyl groups is 2.